The van der Waals surface area contributed by atoms with Gasteiger partial charge in [0.1, 0.15) is 0 Å². The van der Waals surface area contributed by atoms with Gasteiger partial charge in [-0.1, -0.05) is 27.7 Å². The lowest BCUT2D eigenvalue weighted by molar-refractivity contribution is -0.119. The highest BCUT2D eigenvalue weighted by molar-refractivity contribution is 8.00. The highest BCUT2D eigenvalue weighted by Gasteiger charge is 2.03. The summed E-state index contributed by atoms with van der Waals surface area (Å²) in [4.78, 5) is 23.1. The molecule has 0 radical (unpaired) electrons. The molecule has 8 heteroatoms. The van der Waals surface area contributed by atoms with Crippen molar-refractivity contribution >= 4 is 35.3 Å². The first-order chi connectivity index (χ1) is 12.4. The molecule has 0 spiro atoms. The van der Waals surface area contributed by atoms with E-state index < -0.39 is 0 Å². The van der Waals surface area contributed by atoms with E-state index in [9.17, 15) is 9.59 Å². The fraction of sp³-hybridized carbons (Fsp3) is 0.889. The summed E-state index contributed by atoms with van der Waals surface area (Å²) in [6.45, 7) is 11.5. The normalized spacial score (nSPS) is 11.2. The van der Waals surface area contributed by atoms with Crippen LogP contribution < -0.4 is 10.6 Å². The monoisotopic (exact) mass is 408 g/mol. The van der Waals surface area contributed by atoms with Crippen LogP contribution in [0.5, 0.6) is 0 Å². The molecule has 26 heavy (non-hydrogen) atoms. The van der Waals surface area contributed by atoms with Crippen LogP contribution >= 0.6 is 23.5 Å². The van der Waals surface area contributed by atoms with Gasteiger partial charge >= 0.3 is 0 Å². The zero-order valence-corrected chi connectivity index (χ0v) is 18.3. The van der Waals surface area contributed by atoms with Crippen LogP contribution in [0.1, 0.15) is 27.7 Å². The third-order valence-corrected chi connectivity index (χ3v) is 5.62. The maximum Gasteiger partial charge on any atom is 0.230 e. The van der Waals surface area contributed by atoms with Crippen molar-refractivity contribution in [3.8, 4) is 0 Å². The third-order valence-electron chi connectivity index (χ3n) is 2.88. The van der Waals surface area contributed by atoms with E-state index in [0.717, 1.165) is 11.5 Å². The van der Waals surface area contributed by atoms with Crippen molar-refractivity contribution in [3.63, 3.8) is 0 Å². The van der Waals surface area contributed by atoms with Crippen LogP contribution in [-0.4, -0.2) is 74.3 Å². The molecule has 0 rings (SSSR count). The molecule has 0 fully saturated rings. The zero-order chi connectivity index (χ0) is 19.6. The number of hydrogen-bond acceptors (Lipinski definition) is 6. The molecule has 0 aromatic rings. The number of rotatable bonds is 17. The summed E-state index contributed by atoms with van der Waals surface area (Å²) in [5.74, 6) is 4.32. The van der Waals surface area contributed by atoms with Gasteiger partial charge in [0.25, 0.3) is 0 Å². The molecule has 0 aliphatic rings. The Kier molecular flexibility index (Phi) is 17.6. The van der Waals surface area contributed by atoms with Crippen molar-refractivity contribution in [2.75, 3.05) is 62.5 Å². The average molecular weight is 409 g/mol. The second-order valence-corrected chi connectivity index (χ2v) is 8.80. The lowest BCUT2D eigenvalue weighted by atomic mass is 10.3. The maximum atomic E-state index is 11.5. The lowest BCUT2D eigenvalue weighted by Crippen LogP contribution is -2.30. The predicted octanol–water partition coefficient (Wildman–Crippen LogP) is 2.03. The minimum atomic E-state index is 0.0535. The van der Waals surface area contributed by atoms with E-state index in [0.29, 0.717) is 62.9 Å². The number of hydrogen-bond donors (Lipinski definition) is 2. The second kappa shape index (κ2) is 17.9. The molecule has 154 valence electrons. The molecule has 0 saturated carbocycles. The van der Waals surface area contributed by atoms with E-state index in [-0.39, 0.29) is 11.8 Å². The first-order valence-electron chi connectivity index (χ1n) is 9.26. The Hall–Kier alpha value is -0.440. The van der Waals surface area contributed by atoms with Crippen molar-refractivity contribution in [2.24, 2.45) is 11.8 Å². The van der Waals surface area contributed by atoms with Gasteiger partial charge < -0.3 is 20.1 Å². The standard InChI is InChI=1S/C18H36N2O4S2/c1-15(2)11-25-13-17(21)19-5-7-23-9-10-24-8-6-20-18(22)14-26-12-16(3)4/h15-16H,5-14H2,1-4H3,(H,19,21)(H,20,22). The van der Waals surface area contributed by atoms with Gasteiger partial charge in [-0.05, 0) is 23.3 Å². The molecule has 0 bridgehead atoms. The molecule has 6 nitrogen and oxygen atoms in total. The molecule has 0 aliphatic heterocycles. The van der Waals surface area contributed by atoms with Gasteiger partial charge in [-0.15, -0.1) is 0 Å². The van der Waals surface area contributed by atoms with Crippen LogP contribution in [0, 0.1) is 11.8 Å². The minimum Gasteiger partial charge on any atom is -0.377 e. The summed E-state index contributed by atoms with van der Waals surface area (Å²) in [7, 11) is 0. The summed E-state index contributed by atoms with van der Waals surface area (Å²) >= 11 is 3.30. The van der Waals surface area contributed by atoms with Crippen molar-refractivity contribution in [1.29, 1.82) is 0 Å². The quantitative estimate of drug-likeness (QED) is 0.359. The Morgan fingerprint density at radius 1 is 0.731 bits per heavy atom. The fourth-order valence-corrected chi connectivity index (χ4v) is 3.48. The van der Waals surface area contributed by atoms with E-state index in [1.807, 2.05) is 0 Å². The SMILES string of the molecule is CC(C)CSCC(=O)NCCOCCOCCNC(=O)CSCC(C)C. The molecule has 0 aromatic heterocycles. The topological polar surface area (TPSA) is 76.7 Å². The van der Waals surface area contributed by atoms with Crippen LogP contribution in [0.2, 0.25) is 0 Å². The predicted molar refractivity (Wildman–Crippen MR) is 112 cm³/mol. The Bertz CT molecular complexity index is 335. The summed E-state index contributed by atoms with van der Waals surface area (Å²) in [5, 5.41) is 5.66. The number of amides is 2. The number of carbonyl (C=O) groups is 2. The fourth-order valence-electron chi connectivity index (χ4n) is 1.72. The summed E-state index contributed by atoms with van der Waals surface area (Å²) in [5.41, 5.74) is 0. The van der Waals surface area contributed by atoms with Crippen LogP contribution in [-0.2, 0) is 19.1 Å². The highest BCUT2D eigenvalue weighted by atomic mass is 32.2. The minimum absolute atomic E-state index is 0.0535. The molecular formula is C18H36N2O4S2. The van der Waals surface area contributed by atoms with E-state index >= 15 is 0 Å². The Morgan fingerprint density at radius 3 is 1.46 bits per heavy atom. The third kappa shape index (κ3) is 19.9. The maximum absolute atomic E-state index is 11.5. The number of thioether (sulfide) groups is 2. The second-order valence-electron chi connectivity index (χ2n) is 6.74. The summed E-state index contributed by atoms with van der Waals surface area (Å²) < 4.78 is 10.8. The van der Waals surface area contributed by atoms with E-state index in [2.05, 4.69) is 38.3 Å². The molecule has 0 heterocycles. The number of ether oxygens (including phenoxy) is 2. The van der Waals surface area contributed by atoms with Crippen molar-refractivity contribution in [3.05, 3.63) is 0 Å². The van der Waals surface area contributed by atoms with Crippen LogP contribution in [0.3, 0.4) is 0 Å². The molecular weight excluding hydrogens is 372 g/mol. The van der Waals surface area contributed by atoms with Crippen LogP contribution in [0.15, 0.2) is 0 Å². The molecule has 0 unspecified atom stereocenters. The van der Waals surface area contributed by atoms with Gasteiger partial charge in [-0.3, -0.25) is 9.59 Å². The molecule has 2 amide bonds. The van der Waals surface area contributed by atoms with E-state index in [4.69, 9.17) is 9.47 Å². The Labute approximate surface area is 167 Å². The van der Waals surface area contributed by atoms with E-state index in [1.165, 1.54) is 0 Å². The van der Waals surface area contributed by atoms with Gasteiger partial charge in [0, 0.05) is 13.1 Å². The molecule has 0 aromatic carbocycles. The largest absolute Gasteiger partial charge is 0.377 e. The smallest absolute Gasteiger partial charge is 0.230 e. The van der Waals surface area contributed by atoms with Crippen molar-refractivity contribution < 1.29 is 19.1 Å². The van der Waals surface area contributed by atoms with E-state index in [1.54, 1.807) is 23.5 Å². The molecule has 0 saturated heterocycles. The number of carbonyl (C=O) groups excluding carboxylic acids is 2. The van der Waals surface area contributed by atoms with Gasteiger partial charge in [0.05, 0.1) is 37.9 Å². The Balaban J connectivity index is 3.26. The Morgan fingerprint density at radius 2 is 1.12 bits per heavy atom. The van der Waals surface area contributed by atoms with Gasteiger partial charge in [-0.2, -0.15) is 23.5 Å². The van der Waals surface area contributed by atoms with Crippen LogP contribution in [0.25, 0.3) is 0 Å². The summed E-state index contributed by atoms with van der Waals surface area (Å²) in [6.07, 6.45) is 0. The van der Waals surface area contributed by atoms with Crippen LogP contribution in [0.4, 0.5) is 0 Å². The number of nitrogens with one attached hydrogen (secondary N) is 2. The van der Waals surface area contributed by atoms with Crippen molar-refractivity contribution in [1.82, 2.24) is 10.6 Å². The first kappa shape index (κ1) is 25.6. The lowest BCUT2D eigenvalue weighted by Gasteiger charge is -2.09. The average Bonchev–Trinajstić information content (AvgIpc) is 2.55. The van der Waals surface area contributed by atoms with Crippen molar-refractivity contribution in [2.45, 2.75) is 27.7 Å². The first-order valence-corrected chi connectivity index (χ1v) is 11.6. The molecule has 2 N–H and O–H groups in total. The van der Waals surface area contributed by atoms with Gasteiger partial charge in [0.2, 0.25) is 11.8 Å². The molecule has 0 atom stereocenters. The molecule has 0 aliphatic carbocycles. The van der Waals surface area contributed by atoms with Gasteiger partial charge in [0.15, 0.2) is 0 Å². The summed E-state index contributed by atoms with van der Waals surface area (Å²) in [6, 6.07) is 0. The highest BCUT2D eigenvalue weighted by Crippen LogP contribution is 2.06. The zero-order valence-electron chi connectivity index (χ0n) is 16.7. The van der Waals surface area contributed by atoms with Gasteiger partial charge in [-0.25, -0.2) is 0 Å².